The number of ether oxygens (including phenoxy) is 1. The van der Waals surface area contributed by atoms with Gasteiger partial charge in [0.1, 0.15) is 5.75 Å². The third-order valence-corrected chi connectivity index (χ3v) is 3.65. The zero-order valence-electron chi connectivity index (χ0n) is 10.7. The average Bonchev–Trinajstić information content (AvgIpc) is 2.64. The van der Waals surface area contributed by atoms with Crippen molar-refractivity contribution in [1.82, 2.24) is 9.55 Å². The molecule has 1 heterocycles. The van der Waals surface area contributed by atoms with Gasteiger partial charge in [0.05, 0.1) is 18.1 Å². The Morgan fingerprint density at radius 2 is 2.12 bits per heavy atom. The van der Waals surface area contributed by atoms with Crippen molar-refractivity contribution < 1.29 is 4.74 Å². The number of nitrogens with zero attached hydrogens (tertiary/aromatic N) is 1. The van der Waals surface area contributed by atoms with Crippen LogP contribution in [0.4, 0.5) is 0 Å². The minimum Gasteiger partial charge on any atom is -0.497 e. The van der Waals surface area contributed by atoms with Crippen LogP contribution >= 0.6 is 12.2 Å². The number of H-pyrrole nitrogens is 1. The van der Waals surface area contributed by atoms with E-state index >= 15 is 0 Å². The molecule has 1 aromatic carbocycles. The third-order valence-electron chi connectivity index (χ3n) is 3.36. The van der Waals surface area contributed by atoms with E-state index in [4.69, 9.17) is 17.0 Å². The molecule has 2 rings (SSSR count). The first kappa shape index (κ1) is 12.2. The van der Waals surface area contributed by atoms with Crippen LogP contribution in [0.15, 0.2) is 18.2 Å². The number of aromatic amines is 1. The second-order valence-corrected chi connectivity index (χ2v) is 5.20. The van der Waals surface area contributed by atoms with Gasteiger partial charge in [-0.25, -0.2) is 0 Å². The van der Waals surface area contributed by atoms with E-state index in [0.717, 1.165) is 28.0 Å². The highest BCUT2D eigenvalue weighted by molar-refractivity contribution is 7.71. The van der Waals surface area contributed by atoms with Crippen LogP contribution in [0.2, 0.25) is 0 Å². The van der Waals surface area contributed by atoms with Gasteiger partial charge in [-0.1, -0.05) is 6.92 Å². The molecule has 4 heteroatoms. The van der Waals surface area contributed by atoms with Crippen molar-refractivity contribution in [2.45, 2.75) is 32.7 Å². The molecule has 92 valence electrons. The van der Waals surface area contributed by atoms with Crippen molar-refractivity contribution in [2.75, 3.05) is 7.11 Å². The number of fused-ring (bicyclic) bond motifs is 1. The molecule has 0 spiro atoms. The van der Waals surface area contributed by atoms with E-state index < -0.39 is 0 Å². The van der Waals surface area contributed by atoms with Gasteiger partial charge in [-0.2, -0.15) is 0 Å². The molecule has 2 aromatic rings. The molecule has 1 N–H and O–H groups in total. The second-order valence-electron chi connectivity index (χ2n) is 4.81. The van der Waals surface area contributed by atoms with Crippen LogP contribution in [0.25, 0.3) is 11.0 Å². The van der Waals surface area contributed by atoms with E-state index in [2.05, 4.69) is 30.3 Å². The number of benzene rings is 1. The molecule has 17 heavy (non-hydrogen) atoms. The Bertz CT molecular complexity index is 595. The number of methoxy groups -OCH3 is 1. The van der Waals surface area contributed by atoms with Crippen LogP contribution < -0.4 is 4.74 Å². The van der Waals surface area contributed by atoms with Crippen molar-refractivity contribution >= 4 is 23.3 Å². The van der Waals surface area contributed by atoms with Gasteiger partial charge >= 0.3 is 0 Å². The lowest BCUT2D eigenvalue weighted by atomic mass is 10.0. The molecule has 0 saturated heterocycles. The van der Waals surface area contributed by atoms with E-state index in [-0.39, 0.29) is 5.54 Å². The summed E-state index contributed by atoms with van der Waals surface area (Å²) in [7, 11) is 1.68. The minimum atomic E-state index is 0.00168. The highest BCUT2D eigenvalue weighted by Crippen LogP contribution is 2.28. The Kier molecular flexibility index (Phi) is 3.00. The molecular weight excluding hydrogens is 232 g/mol. The van der Waals surface area contributed by atoms with E-state index in [9.17, 15) is 0 Å². The number of imidazole rings is 1. The van der Waals surface area contributed by atoms with Gasteiger partial charge < -0.3 is 14.3 Å². The number of hydrogen-bond donors (Lipinski definition) is 1. The summed E-state index contributed by atoms with van der Waals surface area (Å²) in [6.45, 7) is 6.55. The summed E-state index contributed by atoms with van der Waals surface area (Å²) >= 11 is 5.41. The molecule has 0 amide bonds. The van der Waals surface area contributed by atoms with Gasteiger partial charge in [0.25, 0.3) is 0 Å². The van der Waals surface area contributed by atoms with Crippen LogP contribution in [0.3, 0.4) is 0 Å². The molecule has 0 unspecified atom stereocenters. The molecular formula is C13H18N2OS. The topological polar surface area (TPSA) is 29.9 Å². The summed E-state index contributed by atoms with van der Waals surface area (Å²) in [5, 5.41) is 0. The van der Waals surface area contributed by atoms with Crippen molar-refractivity contribution in [3.63, 3.8) is 0 Å². The van der Waals surface area contributed by atoms with Gasteiger partial charge in [0, 0.05) is 11.6 Å². The summed E-state index contributed by atoms with van der Waals surface area (Å²) in [6.07, 6.45) is 1.02. The third kappa shape index (κ3) is 1.97. The summed E-state index contributed by atoms with van der Waals surface area (Å²) in [5.41, 5.74) is 2.15. The Labute approximate surface area is 106 Å². The average molecular weight is 250 g/mol. The monoisotopic (exact) mass is 250 g/mol. The lowest BCUT2D eigenvalue weighted by molar-refractivity contribution is 0.348. The minimum absolute atomic E-state index is 0.00168. The largest absolute Gasteiger partial charge is 0.497 e. The fourth-order valence-electron chi connectivity index (χ4n) is 1.97. The first-order chi connectivity index (χ1) is 7.99. The predicted molar refractivity (Wildman–Crippen MR) is 73.3 cm³/mol. The highest BCUT2D eigenvalue weighted by atomic mass is 32.1. The first-order valence-corrected chi connectivity index (χ1v) is 6.19. The zero-order valence-corrected chi connectivity index (χ0v) is 11.5. The van der Waals surface area contributed by atoms with E-state index in [1.54, 1.807) is 7.11 Å². The van der Waals surface area contributed by atoms with Gasteiger partial charge in [-0.3, -0.25) is 0 Å². The molecule has 0 aliphatic carbocycles. The van der Waals surface area contributed by atoms with Crippen molar-refractivity contribution in [3.05, 3.63) is 23.0 Å². The van der Waals surface area contributed by atoms with Crippen molar-refractivity contribution in [1.29, 1.82) is 0 Å². The summed E-state index contributed by atoms with van der Waals surface area (Å²) in [5.74, 6) is 0.854. The first-order valence-electron chi connectivity index (χ1n) is 5.79. The van der Waals surface area contributed by atoms with Crippen molar-refractivity contribution in [2.24, 2.45) is 0 Å². The molecule has 0 fully saturated rings. The molecule has 0 atom stereocenters. The van der Waals surface area contributed by atoms with Gasteiger partial charge in [-0.05, 0) is 44.6 Å². The molecule has 1 aromatic heterocycles. The molecule has 0 aliphatic heterocycles. The molecule has 0 aliphatic rings. The predicted octanol–water partition coefficient (Wildman–Crippen LogP) is 3.85. The van der Waals surface area contributed by atoms with Crippen LogP contribution in [0, 0.1) is 4.77 Å². The van der Waals surface area contributed by atoms with Crippen molar-refractivity contribution in [3.8, 4) is 5.75 Å². The lowest BCUT2D eigenvalue weighted by Crippen LogP contribution is -2.25. The summed E-state index contributed by atoms with van der Waals surface area (Å²) < 4.78 is 8.20. The van der Waals surface area contributed by atoms with Gasteiger partial charge in [0.2, 0.25) is 0 Å². The zero-order chi connectivity index (χ0) is 12.6. The SMILES string of the molecule is CCC(C)(C)n1c(=S)[nH]c2ccc(OC)cc21. The number of nitrogens with one attached hydrogen (secondary N) is 1. The van der Waals surface area contributed by atoms with E-state index in [0.29, 0.717) is 0 Å². The maximum absolute atomic E-state index is 5.41. The van der Waals surface area contributed by atoms with Crippen LogP contribution in [0.5, 0.6) is 5.75 Å². The standard InChI is InChI=1S/C13H18N2OS/c1-5-13(2,3)15-11-8-9(16-4)6-7-10(11)14-12(15)17/h6-8H,5H2,1-4H3,(H,14,17). The fourth-order valence-corrected chi connectivity index (χ4v) is 2.42. The van der Waals surface area contributed by atoms with E-state index in [1.165, 1.54) is 0 Å². The number of hydrogen-bond acceptors (Lipinski definition) is 2. The van der Waals surface area contributed by atoms with Crippen LogP contribution in [0.1, 0.15) is 27.2 Å². The quantitative estimate of drug-likeness (QED) is 0.838. The smallest absolute Gasteiger partial charge is 0.178 e. The van der Waals surface area contributed by atoms with Gasteiger partial charge in [-0.15, -0.1) is 0 Å². The number of aromatic nitrogens is 2. The molecule has 0 saturated carbocycles. The molecule has 0 bridgehead atoms. The Morgan fingerprint density at radius 1 is 1.41 bits per heavy atom. The second kappa shape index (κ2) is 4.18. The summed E-state index contributed by atoms with van der Waals surface area (Å²) in [6, 6.07) is 5.97. The Morgan fingerprint density at radius 3 is 2.71 bits per heavy atom. The highest BCUT2D eigenvalue weighted by Gasteiger charge is 2.21. The van der Waals surface area contributed by atoms with Gasteiger partial charge in [0.15, 0.2) is 4.77 Å². The Hall–Kier alpha value is -1.29. The maximum Gasteiger partial charge on any atom is 0.178 e. The molecule has 0 radical (unpaired) electrons. The normalized spacial score (nSPS) is 12.0. The summed E-state index contributed by atoms with van der Waals surface area (Å²) in [4.78, 5) is 3.24. The van der Waals surface area contributed by atoms with E-state index in [1.807, 2.05) is 18.2 Å². The maximum atomic E-state index is 5.41. The Balaban J connectivity index is 2.77. The number of rotatable bonds is 3. The lowest BCUT2D eigenvalue weighted by Gasteiger charge is -2.25. The molecule has 3 nitrogen and oxygen atoms in total. The fraction of sp³-hybridized carbons (Fsp3) is 0.462. The van der Waals surface area contributed by atoms with Crippen LogP contribution in [-0.4, -0.2) is 16.7 Å². The van der Waals surface area contributed by atoms with Crippen LogP contribution in [-0.2, 0) is 5.54 Å².